The zero-order chi connectivity index (χ0) is 18.4. The van der Waals surface area contributed by atoms with E-state index in [1.165, 1.54) is 11.8 Å². The van der Waals surface area contributed by atoms with E-state index in [-0.39, 0.29) is 5.91 Å². The molecule has 136 valence electrons. The van der Waals surface area contributed by atoms with Crippen LogP contribution in [0.2, 0.25) is 0 Å². The molecular formula is C19H22N4O2S. The highest BCUT2D eigenvalue weighted by Crippen LogP contribution is 2.32. The monoisotopic (exact) mass is 370 g/mol. The number of amidine groups is 1. The van der Waals surface area contributed by atoms with E-state index in [0.29, 0.717) is 17.9 Å². The molecule has 26 heavy (non-hydrogen) atoms. The van der Waals surface area contributed by atoms with Gasteiger partial charge in [-0.2, -0.15) is 10.3 Å². The minimum Gasteiger partial charge on any atom is -0.493 e. The smallest absolute Gasteiger partial charge is 0.286 e. The SMILES string of the molecule is CCOc1ccccc1C=C1SC(N2CCN(CCC#N)CC2)=NC1=O. The van der Waals surface area contributed by atoms with Gasteiger partial charge in [-0.15, -0.1) is 0 Å². The van der Waals surface area contributed by atoms with Gasteiger partial charge in [0.15, 0.2) is 5.17 Å². The molecule has 2 aliphatic rings. The molecular weight excluding hydrogens is 348 g/mol. The van der Waals surface area contributed by atoms with Crippen molar-refractivity contribution >= 4 is 28.9 Å². The summed E-state index contributed by atoms with van der Waals surface area (Å²) in [5, 5.41) is 9.47. The number of amides is 1. The van der Waals surface area contributed by atoms with Crippen molar-refractivity contribution in [2.75, 3.05) is 39.3 Å². The molecule has 7 heteroatoms. The average Bonchev–Trinajstić information content (AvgIpc) is 3.03. The van der Waals surface area contributed by atoms with Gasteiger partial charge in [0.05, 0.1) is 17.6 Å². The van der Waals surface area contributed by atoms with Crippen LogP contribution in [0.3, 0.4) is 0 Å². The predicted molar refractivity (Wildman–Crippen MR) is 104 cm³/mol. The zero-order valence-corrected chi connectivity index (χ0v) is 15.7. The molecule has 0 unspecified atom stereocenters. The minimum absolute atomic E-state index is 0.191. The number of rotatable bonds is 5. The molecule has 1 aromatic carbocycles. The first kappa shape index (κ1) is 18.5. The Hall–Kier alpha value is -2.30. The molecule has 1 amide bonds. The molecule has 0 aromatic heterocycles. The van der Waals surface area contributed by atoms with Crippen LogP contribution in [0.1, 0.15) is 18.9 Å². The van der Waals surface area contributed by atoms with E-state index in [1.807, 2.05) is 37.3 Å². The first-order valence-corrected chi connectivity index (χ1v) is 9.61. The highest BCUT2D eigenvalue weighted by Gasteiger charge is 2.28. The molecule has 1 fully saturated rings. The second-order valence-corrected chi connectivity index (χ2v) is 7.03. The van der Waals surface area contributed by atoms with Crippen LogP contribution in [0.4, 0.5) is 0 Å². The number of nitrogens with zero attached hydrogens (tertiary/aromatic N) is 4. The summed E-state index contributed by atoms with van der Waals surface area (Å²) in [6, 6.07) is 9.88. The fourth-order valence-corrected chi connectivity index (χ4v) is 3.89. The van der Waals surface area contributed by atoms with Crippen molar-refractivity contribution in [1.82, 2.24) is 9.80 Å². The highest BCUT2D eigenvalue weighted by molar-refractivity contribution is 8.18. The summed E-state index contributed by atoms with van der Waals surface area (Å²) in [4.78, 5) is 21.6. The number of hydrogen-bond acceptors (Lipinski definition) is 6. The van der Waals surface area contributed by atoms with E-state index in [0.717, 1.165) is 49.2 Å². The van der Waals surface area contributed by atoms with Crippen LogP contribution in [-0.4, -0.2) is 60.2 Å². The van der Waals surface area contributed by atoms with Crippen molar-refractivity contribution in [2.45, 2.75) is 13.3 Å². The van der Waals surface area contributed by atoms with Gasteiger partial charge >= 0.3 is 0 Å². The van der Waals surface area contributed by atoms with E-state index in [4.69, 9.17) is 10.00 Å². The molecule has 0 aliphatic carbocycles. The topological polar surface area (TPSA) is 68.9 Å². The predicted octanol–water partition coefficient (Wildman–Crippen LogP) is 2.59. The summed E-state index contributed by atoms with van der Waals surface area (Å²) in [7, 11) is 0. The minimum atomic E-state index is -0.191. The number of carbonyl (C=O) groups excluding carboxylic acids is 1. The number of nitriles is 1. The Morgan fingerprint density at radius 3 is 2.81 bits per heavy atom. The first-order valence-electron chi connectivity index (χ1n) is 8.80. The van der Waals surface area contributed by atoms with Gasteiger partial charge in [0.25, 0.3) is 5.91 Å². The maximum Gasteiger partial charge on any atom is 0.286 e. The summed E-state index contributed by atoms with van der Waals surface area (Å²) in [6.45, 7) is 6.77. The maximum absolute atomic E-state index is 12.3. The van der Waals surface area contributed by atoms with E-state index in [2.05, 4.69) is 20.9 Å². The van der Waals surface area contributed by atoms with Crippen LogP contribution in [0.25, 0.3) is 6.08 Å². The van der Waals surface area contributed by atoms with Gasteiger partial charge < -0.3 is 9.64 Å². The normalized spacial score (nSPS) is 19.5. The molecule has 0 saturated carbocycles. The van der Waals surface area contributed by atoms with Gasteiger partial charge in [-0.25, -0.2) is 0 Å². The van der Waals surface area contributed by atoms with Crippen molar-refractivity contribution < 1.29 is 9.53 Å². The lowest BCUT2D eigenvalue weighted by atomic mass is 10.2. The van der Waals surface area contributed by atoms with E-state index in [1.54, 1.807) is 0 Å². The van der Waals surface area contributed by atoms with Crippen LogP contribution in [0.15, 0.2) is 34.2 Å². The van der Waals surface area contributed by atoms with E-state index in [9.17, 15) is 4.79 Å². The Bertz CT molecular complexity index is 761. The van der Waals surface area contributed by atoms with Crippen molar-refractivity contribution in [3.8, 4) is 11.8 Å². The number of aliphatic imine (C=N–C) groups is 1. The van der Waals surface area contributed by atoms with E-state index >= 15 is 0 Å². The Morgan fingerprint density at radius 2 is 2.08 bits per heavy atom. The summed E-state index contributed by atoms with van der Waals surface area (Å²) < 4.78 is 5.63. The molecule has 0 radical (unpaired) electrons. The largest absolute Gasteiger partial charge is 0.493 e. The van der Waals surface area contributed by atoms with Crippen LogP contribution in [0, 0.1) is 11.3 Å². The van der Waals surface area contributed by atoms with Crippen LogP contribution >= 0.6 is 11.8 Å². The lowest BCUT2D eigenvalue weighted by molar-refractivity contribution is -0.113. The van der Waals surface area contributed by atoms with Gasteiger partial charge in [-0.3, -0.25) is 9.69 Å². The Labute approximate surface area is 158 Å². The Morgan fingerprint density at radius 1 is 1.31 bits per heavy atom. The lowest BCUT2D eigenvalue weighted by Crippen LogP contribution is -2.47. The van der Waals surface area contributed by atoms with Crippen LogP contribution < -0.4 is 4.74 Å². The van der Waals surface area contributed by atoms with E-state index < -0.39 is 0 Å². The highest BCUT2D eigenvalue weighted by atomic mass is 32.2. The van der Waals surface area contributed by atoms with Gasteiger partial charge in [-0.05, 0) is 30.8 Å². The Kier molecular flexibility index (Phi) is 6.31. The van der Waals surface area contributed by atoms with Crippen LogP contribution in [0.5, 0.6) is 5.75 Å². The third-order valence-corrected chi connectivity index (χ3v) is 5.34. The maximum atomic E-state index is 12.3. The first-order chi connectivity index (χ1) is 12.7. The number of thioether (sulfide) groups is 1. The van der Waals surface area contributed by atoms with Gasteiger partial charge in [0.1, 0.15) is 5.75 Å². The number of ether oxygens (including phenoxy) is 1. The number of hydrogen-bond donors (Lipinski definition) is 0. The molecule has 0 bridgehead atoms. The van der Waals surface area contributed by atoms with Crippen LogP contribution in [-0.2, 0) is 4.79 Å². The summed E-state index contributed by atoms with van der Waals surface area (Å²) in [5.41, 5.74) is 0.892. The molecule has 3 rings (SSSR count). The summed E-state index contributed by atoms with van der Waals surface area (Å²) >= 11 is 1.43. The second-order valence-electron chi connectivity index (χ2n) is 6.02. The van der Waals surface area contributed by atoms with Crippen molar-refractivity contribution in [3.63, 3.8) is 0 Å². The number of benzene rings is 1. The van der Waals surface area contributed by atoms with Gasteiger partial charge in [0.2, 0.25) is 0 Å². The van der Waals surface area contributed by atoms with Crippen molar-refractivity contribution in [3.05, 3.63) is 34.7 Å². The molecule has 0 N–H and O–H groups in total. The fourth-order valence-electron chi connectivity index (χ4n) is 2.93. The molecule has 0 atom stereocenters. The quantitative estimate of drug-likeness (QED) is 0.742. The molecule has 1 aromatic rings. The third-order valence-electron chi connectivity index (χ3n) is 4.30. The molecule has 0 spiro atoms. The molecule has 1 saturated heterocycles. The molecule has 2 heterocycles. The Balaban J connectivity index is 1.64. The standard InChI is InChI=1S/C19H22N4O2S/c1-2-25-16-7-4-3-6-15(16)14-17-18(24)21-19(26-17)23-12-10-22(11-13-23)9-5-8-20/h3-4,6-7,14H,2,5,9-13H2,1H3. The average molecular weight is 370 g/mol. The number of para-hydroxylation sites is 1. The zero-order valence-electron chi connectivity index (χ0n) is 14.9. The second kappa shape index (κ2) is 8.88. The van der Waals surface area contributed by atoms with Crippen molar-refractivity contribution in [1.29, 1.82) is 5.26 Å². The summed E-state index contributed by atoms with van der Waals surface area (Å²) in [5.74, 6) is 0.582. The van der Waals surface area contributed by atoms with Gasteiger partial charge in [-0.1, -0.05) is 18.2 Å². The third kappa shape index (κ3) is 4.45. The van der Waals surface area contributed by atoms with Crippen molar-refractivity contribution in [2.24, 2.45) is 4.99 Å². The number of piperazine rings is 1. The lowest BCUT2D eigenvalue weighted by Gasteiger charge is -2.34. The molecule has 2 aliphatic heterocycles. The molecule has 6 nitrogen and oxygen atoms in total. The van der Waals surface area contributed by atoms with Gasteiger partial charge in [0, 0.05) is 44.7 Å². The summed E-state index contributed by atoms with van der Waals surface area (Å²) in [6.07, 6.45) is 2.41. The fraction of sp³-hybridized carbons (Fsp3) is 0.421. The number of carbonyl (C=O) groups is 1.